The van der Waals surface area contributed by atoms with Gasteiger partial charge in [-0.05, 0) is 18.9 Å². The number of halogens is 1. The zero-order valence-electron chi connectivity index (χ0n) is 13.5. The fourth-order valence-corrected chi connectivity index (χ4v) is 2.79. The highest BCUT2D eigenvalue weighted by molar-refractivity contribution is 5.92. The lowest BCUT2D eigenvalue weighted by atomic mass is 10.2. The van der Waals surface area contributed by atoms with Crippen molar-refractivity contribution in [2.45, 2.75) is 32.2 Å². The summed E-state index contributed by atoms with van der Waals surface area (Å²) in [5, 5.41) is 3.02. The minimum atomic E-state index is -0.258. The van der Waals surface area contributed by atoms with E-state index in [0.29, 0.717) is 23.6 Å². The Bertz CT molecular complexity index is 682. The van der Waals surface area contributed by atoms with Crippen LogP contribution in [0.3, 0.4) is 0 Å². The number of carbonyl (C=O) groups excluding carboxylic acids is 1. The van der Waals surface area contributed by atoms with Gasteiger partial charge in [0.25, 0.3) is 5.91 Å². The Morgan fingerprint density at radius 2 is 1.83 bits per heavy atom. The van der Waals surface area contributed by atoms with Gasteiger partial charge in [0.05, 0.1) is 12.4 Å². The van der Waals surface area contributed by atoms with Crippen LogP contribution in [0.4, 0.5) is 10.2 Å². The van der Waals surface area contributed by atoms with Gasteiger partial charge in [-0.2, -0.15) is 0 Å². The second-order valence-electron chi connectivity index (χ2n) is 5.94. The molecular weight excluding hydrogens is 307 g/mol. The molecule has 2 aromatic rings. The second-order valence-corrected chi connectivity index (χ2v) is 5.94. The van der Waals surface area contributed by atoms with Crippen LogP contribution >= 0.6 is 0 Å². The van der Waals surface area contributed by atoms with Gasteiger partial charge in [0.2, 0.25) is 0 Å². The van der Waals surface area contributed by atoms with Gasteiger partial charge < -0.3 is 10.2 Å². The summed E-state index contributed by atoms with van der Waals surface area (Å²) in [4.78, 5) is 22.7. The number of hydrogen-bond acceptors (Lipinski definition) is 4. The van der Waals surface area contributed by atoms with E-state index in [2.05, 4.69) is 15.3 Å². The van der Waals surface area contributed by atoms with E-state index in [4.69, 9.17) is 0 Å². The molecule has 24 heavy (non-hydrogen) atoms. The van der Waals surface area contributed by atoms with E-state index in [1.165, 1.54) is 31.3 Å². The van der Waals surface area contributed by atoms with Crippen molar-refractivity contribution in [2.24, 2.45) is 0 Å². The predicted molar refractivity (Wildman–Crippen MR) is 90.1 cm³/mol. The predicted octanol–water partition coefficient (Wildman–Crippen LogP) is 3.24. The van der Waals surface area contributed by atoms with Gasteiger partial charge in [0.1, 0.15) is 17.3 Å². The summed E-state index contributed by atoms with van der Waals surface area (Å²) in [6.07, 6.45) is 7.44. The van der Waals surface area contributed by atoms with Crippen LogP contribution in [0.2, 0.25) is 0 Å². The summed E-state index contributed by atoms with van der Waals surface area (Å²) >= 11 is 0. The van der Waals surface area contributed by atoms with Gasteiger partial charge in [-0.3, -0.25) is 4.79 Å². The molecule has 0 radical (unpaired) electrons. The third-order valence-electron chi connectivity index (χ3n) is 4.18. The molecule has 1 fully saturated rings. The van der Waals surface area contributed by atoms with Crippen molar-refractivity contribution in [3.05, 3.63) is 53.7 Å². The van der Waals surface area contributed by atoms with Crippen LogP contribution in [0.15, 0.2) is 36.7 Å². The van der Waals surface area contributed by atoms with E-state index in [-0.39, 0.29) is 11.7 Å². The summed E-state index contributed by atoms with van der Waals surface area (Å²) in [5.74, 6) is 0.196. The van der Waals surface area contributed by atoms with Gasteiger partial charge in [-0.1, -0.05) is 31.0 Å². The maximum atomic E-state index is 13.6. The second kappa shape index (κ2) is 7.86. The molecule has 5 nitrogen and oxygen atoms in total. The summed E-state index contributed by atoms with van der Waals surface area (Å²) in [6, 6.07) is 6.58. The number of aromatic nitrogens is 2. The van der Waals surface area contributed by atoms with Gasteiger partial charge >= 0.3 is 0 Å². The summed E-state index contributed by atoms with van der Waals surface area (Å²) < 4.78 is 13.6. The summed E-state index contributed by atoms with van der Waals surface area (Å²) in [6.45, 7) is 1.89. The molecule has 1 aromatic carbocycles. The first-order valence-electron chi connectivity index (χ1n) is 8.32. The topological polar surface area (TPSA) is 58.1 Å². The third kappa shape index (κ3) is 4.07. The first kappa shape index (κ1) is 16.4. The van der Waals surface area contributed by atoms with Crippen LogP contribution in [-0.4, -0.2) is 33.9 Å². The van der Waals surface area contributed by atoms with E-state index in [1.807, 2.05) is 4.90 Å². The van der Waals surface area contributed by atoms with Crippen LogP contribution in [0.1, 0.15) is 41.7 Å². The van der Waals surface area contributed by atoms with Crippen LogP contribution in [0.25, 0.3) is 0 Å². The minimum Gasteiger partial charge on any atom is -0.365 e. The molecule has 0 saturated carbocycles. The quantitative estimate of drug-likeness (QED) is 0.936. The molecule has 0 bridgehead atoms. The number of carbonyl (C=O) groups is 1. The monoisotopic (exact) mass is 328 g/mol. The minimum absolute atomic E-state index is 0.0648. The number of hydrogen-bond donors (Lipinski definition) is 1. The van der Waals surface area contributed by atoms with E-state index >= 15 is 0 Å². The molecule has 126 valence electrons. The molecule has 6 heteroatoms. The van der Waals surface area contributed by atoms with E-state index in [0.717, 1.165) is 25.9 Å². The van der Waals surface area contributed by atoms with Crippen LogP contribution in [0, 0.1) is 5.82 Å². The maximum absolute atomic E-state index is 13.6. The van der Waals surface area contributed by atoms with Crippen molar-refractivity contribution in [3.8, 4) is 0 Å². The fraction of sp³-hybridized carbons (Fsp3) is 0.389. The number of amides is 1. The van der Waals surface area contributed by atoms with Crippen LogP contribution < -0.4 is 5.32 Å². The van der Waals surface area contributed by atoms with Crippen molar-refractivity contribution >= 4 is 11.7 Å². The largest absolute Gasteiger partial charge is 0.365 e. The SMILES string of the molecule is O=C(c1cnc(NCc2ccccc2F)cn1)N1CCCCCC1. The Hall–Kier alpha value is -2.50. The molecule has 1 aliphatic heterocycles. The lowest BCUT2D eigenvalue weighted by Gasteiger charge is -2.19. The number of benzene rings is 1. The maximum Gasteiger partial charge on any atom is 0.274 e. The highest BCUT2D eigenvalue weighted by Crippen LogP contribution is 2.13. The first-order valence-corrected chi connectivity index (χ1v) is 8.32. The molecule has 0 aliphatic carbocycles. The Kier molecular flexibility index (Phi) is 5.36. The number of likely N-dealkylation sites (tertiary alicyclic amines) is 1. The van der Waals surface area contributed by atoms with Gasteiger partial charge in [-0.25, -0.2) is 14.4 Å². The third-order valence-corrected chi connectivity index (χ3v) is 4.18. The van der Waals surface area contributed by atoms with Crippen molar-refractivity contribution < 1.29 is 9.18 Å². The zero-order chi connectivity index (χ0) is 16.8. The molecule has 0 atom stereocenters. The Balaban J connectivity index is 1.60. The summed E-state index contributed by atoms with van der Waals surface area (Å²) in [5.41, 5.74) is 0.914. The van der Waals surface area contributed by atoms with E-state index in [1.54, 1.807) is 18.2 Å². The van der Waals surface area contributed by atoms with Crippen molar-refractivity contribution in [1.82, 2.24) is 14.9 Å². The number of rotatable bonds is 4. The van der Waals surface area contributed by atoms with Gasteiger partial charge in [0, 0.05) is 25.2 Å². The van der Waals surface area contributed by atoms with Crippen LogP contribution in [0.5, 0.6) is 0 Å². The Morgan fingerprint density at radius 3 is 2.50 bits per heavy atom. The molecule has 2 heterocycles. The highest BCUT2D eigenvalue weighted by Gasteiger charge is 2.18. The molecule has 0 unspecified atom stereocenters. The van der Waals surface area contributed by atoms with E-state index in [9.17, 15) is 9.18 Å². The van der Waals surface area contributed by atoms with E-state index < -0.39 is 0 Å². The fourth-order valence-electron chi connectivity index (χ4n) is 2.79. The molecule has 1 aromatic heterocycles. The number of nitrogens with one attached hydrogen (secondary N) is 1. The normalized spacial score (nSPS) is 15.0. The smallest absolute Gasteiger partial charge is 0.274 e. The van der Waals surface area contributed by atoms with Crippen molar-refractivity contribution in [1.29, 1.82) is 0 Å². The summed E-state index contributed by atoms with van der Waals surface area (Å²) in [7, 11) is 0. The average molecular weight is 328 g/mol. The van der Waals surface area contributed by atoms with Crippen LogP contribution in [-0.2, 0) is 6.54 Å². The average Bonchev–Trinajstić information content (AvgIpc) is 2.90. The van der Waals surface area contributed by atoms with Crippen molar-refractivity contribution in [3.63, 3.8) is 0 Å². The Labute approximate surface area is 140 Å². The molecule has 1 aliphatic rings. The molecule has 1 saturated heterocycles. The van der Waals surface area contributed by atoms with Crippen molar-refractivity contribution in [2.75, 3.05) is 18.4 Å². The zero-order valence-corrected chi connectivity index (χ0v) is 13.5. The molecule has 3 rings (SSSR count). The molecule has 0 spiro atoms. The highest BCUT2D eigenvalue weighted by atomic mass is 19.1. The van der Waals surface area contributed by atoms with Gasteiger partial charge in [0.15, 0.2) is 0 Å². The lowest BCUT2D eigenvalue weighted by molar-refractivity contribution is 0.0755. The number of nitrogens with zero attached hydrogens (tertiary/aromatic N) is 3. The van der Waals surface area contributed by atoms with Gasteiger partial charge in [-0.15, -0.1) is 0 Å². The lowest BCUT2D eigenvalue weighted by Crippen LogP contribution is -2.32. The number of anilines is 1. The first-order chi connectivity index (χ1) is 11.7. The molecule has 1 amide bonds. The standard InChI is InChI=1S/C18H21FN4O/c19-15-8-4-3-7-14(15)11-21-17-13-20-16(12-22-17)18(24)23-9-5-1-2-6-10-23/h3-4,7-8,12-13H,1-2,5-6,9-11H2,(H,21,22). The Morgan fingerprint density at radius 1 is 1.08 bits per heavy atom. The molecule has 1 N–H and O–H groups in total. The molecular formula is C18H21FN4O.